The molecule has 1 aromatic carbocycles. The molecule has 130 valence electrons. The van der Waals surface area contributed by atoms with Gasteiger partial charge in [0, 0.05) is 11.3 Å². The second-order valence-electron chi connectivity index (χ2n) is 5.20. The van der Waals surface area contributed by atoms with Gasteiger partial charge in [-0.05, 0) is 19.1 Å². The number of nitrogens with one attached hydrogen (secondary N) is 1. The van der Waals surface area contributed by atoms with Crippen molar-refractivity contribution >= 4 is 32.8 Å². The van der Waals surface area contributed by atoms with Crippen molar-refractivity contribution in [3.05, 3.63) is 30.5 Å². The molecule has 0 aliphatic carbocycles. The summed E-state index contributed by atoms with van der Waals surface area (Å²) in [6.07, 6.45) is 2.62. The maximum absolute atomic E-state index is 11.4. The van der Waals surface area contributed by atoms with Crippen molar-refractivity contribution in [2.75, 3.05) is 23.3 Å². The maximum atomic E-state index is 11.4. The van der Waals surface area contributed by atoms with Gasteiger partial charge in [0.2, 0.25) is 21.9 Å². The lowest BCUT2D eigenvalue weighted by Crippen LogP contribution is -2.09. The predicted octanol–water partition coefficient (Wildman–Crippen LogP) is 1.44. The summed E-state index contributed by atoms with van der Waals surface area (Å²) in [6, 6.07) is 6.82. The van der Waals surface area contributed by atoms with E-state index in [9.17, 15) is 8.42 Å². The molecule has 25 heavy (non-hydrogen) atoms. The zero-order valence-electron chi connectivity index (χ0n) is 13.6. The van der Waals surface area contributed by atoms with E-state index < -0.39 is 10.0 Å². The summed E-state index contributed by atoms with van der Waals surface area (Å²) in [4.78, 5) is 16.8. The summed E-state index contributed by atoms with van der Waals surface area (Å²) < 4.78 is 30.7. The molecule has 0 aliphatic rings. The van der Waals surface area contributed by atoms with Gasteiger partial charge in [0.25, 0.3) is 0 Å². The SMILES string of the molecule is CCOc1nc(N)nc2ncc(-c3cccc(NS(C)(=O)=O)c3)nc12. The molecular formula is C15H16N6O3S. The van der Waals surface area contributed by atoms with Gasteiger partial charge in [0.1, 0.15) is 0 Å². The van der Waals surface area contributed by atoms with Gasteiger partial charge >= 0.3 is 0 Å². The Kier molecular flexibility index (Phi) is 4.36. The third kappa shape index (κ3) is 3.91. The quantitative estimate of drug-likeness (QED) is 0.698. The molecule has 0 amide bonds. The summed E-state index contributed by atoms with van der Waals surface area (Å²) in [5.41, 5.74) is 8.00. The minimum absolute atomic E-state index is 0.0531. The predicted molar refractivity (Wildman–Crippen MR) is 94.6 cm³/mol. The first kappa shape index (κ1) is 16.8. The Morgan fingerprint density at radius 2 is 2.04 bits per heavy atom. The number of sulfonamides is 1. The average Bonchev–Trinajstić information content (AvgIpc) is 2.53. The monoisotopic (exact) mass is 360 g/mol. The molecule has 0 aliphatic heterocycles. The van der Waals surface area contributed by atoms with E-state index in [0.29, 0.717) is 34.7 Å². The molecule has 0 atom stereocenters. The van der Waals surface area contributed by atoms with Crippen molar-refractivity contribution in [3.8, 4) is 17.1 Å². The van der Waals surface area contributed by atoms with Crippen LogP contribution in [-0.2, 0) is 10.0 Å². The minimum atomic E-state index is -3.37. The van der Waals surface area contributed by atoms with Gasteiger partial charge in [-0.25, -0.2) is 18.4 Å². The van der Waals surface area contributed by atoms with E-state index in [1.807, 2.05) is 6.92 Å². The van der Waals surface area contributed by atoms with Crippen LogP contribution in [0, 0.1) is 0 Å². The van der Waals surface area contributed by atoms with Gasteiger partial charge in [-0.15, -0.1) is 0 Å². The van der Waals surface area contributed by atoms with Crippen molar-refractivity contribution in [1.29, 1.82) is 0 Å². The zero-order chi connectivity index (χ0) is 18.0. The number of rotatable bonds is 5. The van der Waals surface area contributed by atoms with E-state index in [2.05, 4.69) is 24.7 Å². The van der Waals surface area contributed by atoms with Crippen LogP contribution in [0.15, 0.2) is 30.5 Å². The molecule has 0 bridgehead atoms. The van der Waals surface area contributed by atoms with E-state index in [4.69, 9.17) is 10.5 Å². The van der Waals surface area contributed by atoms with Crippen LogP contribution in [0.1, 0.15) is 6.92 Å². The molecule has 0 fully saturated rings. The lowest BCUT2D eigenvalue weighted by molar-refractivity contribution is 0.330. The fraction of sp³-hybridized carbons (Fsp3) is 0.200. The van der Waals surface area contributed by atoms with E-state index in [-0.39, 0.29) is 11.8 Å². The highest BCUT2D eigenvalue weighted by molar-refractivity contribution is 7.92. The van der Waals surface area contributed by atoms with Crippen LogP contribution < -0.4 is 15.2 Å². The van der Waals surface area contributed by atoms with E-state index >= 15 is 0 Å². The molecule has 0 saturated carbocycles. The molecule has 2 aromatic heterocycles. The highest BCUT2D eigenvalue weighted by Gasteiger charge is 2.12. The number of anilines is 2. The van der Waals surface area contributed by atoms with Crippen molar-refractivity contribution in [2.24, 2.45) is 0 Å². The van der Waals surface area contributed by atoms with Crippen LogP contribution in [0.4, 0.5) is 11.6 Å². The first-order valence-electron chi connectivity index (χ1n) is 7.37. The Hall–Kier alpha value is -3.01. The molecule has 9 nitrogen and oxygen atoms in total. The van der Waals surface area contributed by atoms with Crippen molar-refractivity contribution in [1.82, 2.24) is 19.9 Å². The molecule has 2 heterocycles. The fourth-order valence-electron chi connectivity index (χ4n) is 2.23. The number of hydrogen-bond acceptors (Lipinski definition) is 8. The lowest BCUT2D eigenvalue weighted by atomic mass is 10.1. The minimum Gasteiger partial charge on any atom is -0.476 e. The molecule has 3 rings (SSSR count). The Bertz CT molecular complexity index is 1040. The first-order valence-corrected chi connectivity index (χ1v) is 9.26. The summed E-state index contributed by atoms with van der Waals surface area (Å²) in [5, 5.41) is 0. The van der Waals surface area contributed by atoms with Gasteiger partial charge in [-0.2, -0.15) is 9.97 Å². The van der Waals surface area contributed by atoms with Gasteiger partial charge in [-0.3, -0.25) is 4.72 Å². The normalized spacial score (nSPS) is 11.4. The molecule has 0 spiro atoms. The second kappa shape index (κ2) is 6.48. The third-order valence-corrected chi connectivity index (χ3v) is 3.74. The lowest BCUT2D eigenvalue weighted by Gasteiger charge is -2.09. The molecule has 10 heteroatoms. The first-order chi connectivity index (χ1) is 11.9. The van der Waals surface area contributed by atoms with Crippen molar-refractivity contribution < 1.29 is 13.2 Å². The number of ether oxygens (including phenoxy) is 1. The van der Waals surface area contributed by atoms with Gasteiger partial charge in [0.15, 0.2) is 11.2 Å². The molecule has 3 aromatic rings. The van der Waals surface area contributed by atoms with Crippen LogP contribution >= 0.6 is 0 Å². The Balaban J connectivity index is 2.09. The second-order valence-corrected chi connectivity index (χ2v) is 6.95. The molecule has 0 saturated heterocycles. The van der Waals surface area contributed by atoms with Crippen LogP contribution in [0.3, 0.4) is 0 Å². The van der Waals surface area contributed by atoms with Crippen LogP contribution in [0.25, 0.3) is 22.4 Å². The Morgan fingerprint density at radius 1 is 1.24 bits per heavy atom. The van der Waals surface area contributed by atoms with E-state index in [1.54, 1.807) is 24.3 Å². The standard InChI is InChI=1S/C15H16N6O3S/c1-3-24-14-12-13(19-15(16)20-14)17-8-11(18-12)9-5-4-6-10(7-9)21-25(2,22)23/h4-8,21H,3H2,1-2H3,(H2,16,17,19,20). The third-order valence-electron chi connectivity index (χ3n) is 3.13. The highest BCUT2D eigenvalue weighted by Crippen LogP contribution is 2.25. The summed E-state index contributed by atoms with van der Waals surface area (Å²) >= 11 is 0. The smallest absolute Gasteiger partial charge is 0.247 e. The topological polar surface area (TPSA) is 133 Å². The number of benzene rings is 1. The fourth-order valence-corrected chi connectivity index (χ4v) is 2.79. The van der Waals surface area contributed by atoms with Crippen LogP contribution in [-0.4, -0.2) is 41.2 Å². The van der Waals surface area contributed by atoms with Crippen molar-refractivity contribution in [2.45, 2.75) is 6.92 Å². The average molecular weight is 360 g/mol. The van der Waals surface area contributed by atoms with Gasteiger partial charge in [0.05, 0.1) is 24.8 Å². The molecular weight excluding hydrogens is 344 g/mol. The maximum Gasteiger partial charge on any atom is 0.247 e. The summed E-state index contributed by atoms with van der Waals surface area (Å²) in [7, 11) is -3.37. The number of fused-ring (bicyclic) bond motifs is 1. The molecule has 0 radical (unpaired) electrons. The van der Waals surface area contributed by atoms with Crippen molar-refractivity contribution in [3.63, 3.8) is 0 Å². The number of nitrogens with zero attached hydrogens (tertiary/aromatic N) is 4. The number of hydrogen-bond donors (Lipinski definition) is 2. The Labute approximate surface area is 144 Å². The van der Waals surface area contributed by atoms with Crippen LogP contribution in [0.2, 0.25) is 0 Å². The number of nitrogen functional groups attached to an aromatic ring is 1. The summed E-state index contributed by atoms with van der Waals surface area (Å²) in [5.74, 6) is 0.308. The summed E-state index contributed by atoms with van der Waals surface area (Å²) in [6.45, 7) is 2.22. The highest BCUT2D eigenvalue weighted by atomic mass is 32.2. The number of aromatic nitrogens is 4. The Morgan fingerprint density at radius 3 is 2.76 bits per heavy atom. The van der Waals surface area contributed by atoms with Crippen LogP contribution in [0.5, 0.6) is 5.88 Å². The van der Waals surface area contributed by atoms with E-state index in [0.717, 1.165) is 6.26 Å². The molecule has 0 unspecified atom stereocenters. The van der Waals surface area contributed by atoms with E-state index in [1.165, 1.54) is 6.20 Å². The number of nitrogens with two attached hydrogens (primary N) is 1. The largest absolute Gasteiger partial charge is 0.476 e. The van der Waals surface area contributed by atoms with Gasteiger partial charge in [-0.1, -0.05) is 12.1 Å². The van der Waals surface area contributed by atoms with Gasteiger partial charge < -0.3 is 10.5 Å². The zero-order valence-corrected chi connectivity index (χ0v) is 14.4. The molecule has 3 N–H and O–H groups in total.